The van der Waals surface area contributed by atoms with Gasteiger partial charge in [0.1, 0.15) is 5.82 Å². The number of allylic oxidation sites excluding steroid dienone is 1. The number of likely N-dealkylation sites (tertiary alicyclic amines) is 1. The summed E-state index contributed by atoms with van der Waals surface area (Å²) in [5, 5.41) is 0. The molecule has 1 saturated heterocycles. The molecule has 4 nitrogen and oxygen atoms in total. The monoisotopic (exact) mass is 366 g/mol. The first-order valence-corrected chi connectivity index (χ1v) is 10.8. The maximum absolute atomic E-state index is 6.41. The van der Waals surface area contributed by atoms with Crippen LogP contribution in [0.2, 0.25) is 0 Å². The van der Waals surface area contributed by atoms with Crippen LogP contribution in [0.4, 0.5) is 0 Å². The van der Waals surface area contributed by atoms with Crippen LogP contribution in [0.3, 0.4) is 0 Å². The molecular formula is C23H34N4. The molecule has 3 unspecified atom stereocenters. The van der Waals surface area contributed by atoms with E-state index in [0.29, 0.717) is 6.04 Å². The summed E-state index contributed by atoms with van der Waals surface area (Å²) >= 11 is 0. The molecule has 146 valence electrons. The molecule has 2 fully saturated rings. The molecule has 2 N–H and O–H groups in total. The highest BCUT2D eigenvalue weighted by Gasteiger charge is 2.53. The Morgan fingerprint density at radius 1 is 1.22 bits per heavy atom. The third-order valence-electron chi connectivity index (χ3n) is 7.35. The molecule has 4 rings (SSSR count). The van der Waals surface area contributed by atoms with Crippen molar-refractivity contribution in [1.29, 1.82) is 0 Å². The summed E-state index contributed by atoms with van der Waals surface area (Å²) in [4.78, 5) is 7.42. The van der Waals surface area contributed by atoms with Crippen molar-refractivity contribution < 1.29 is 0 Å². The van der Waals surface area contributed by atoms with Crippen LogP contribution >= 0.6 is 0 Å². The predicted octanol–water partition coefficient (Wildman–Crippen LogP) is 5.22. The van der Waals surface area contributed by atoms with E-state index in [4.69, 9.17) is 10.8 Å². The summed E-state index contributed by atoms with van der Waals surface area (Å²) < 4.78 is 1.78. The van der Waals surface area contributed by atoms with Crippen LogP contribution in [0.5, 0.6) is 0 Å². The molecule has 1 saturated carbocycles. The average molecular weight is 367 g/mol. The van der Waals surface area contributed by atoms with E-state index < -0.39 is 0 Å². The number of para-hydroxylation sites is 2. The van der Waals surface area contributed by atoms with E-state index in [0.717, 1.165) is 29.3 Å². The fourth-order valence-corrected chi connectivity index (χ4v) is 5.86. The number of benzene rings is 1. The number of nitrogens with zero attached hydrogens (tertiary/aromatic N) is 3. The maximum Gasteiger partial charge on any atom is 0.147 e. The normalized spacial score (nSPS) is 28.1. The topological polar surface area (TPSA) is 47.1 Å². The van der Waals surface area contributed by atoms with Crippen molar-refractivity contribution in [3.05, 3.63) is 42.4 Å². The second kappa shape index (κ2) is 7.21. The van der Waals surface area contributed by atoms with Gasteiger partial charge in [-0.1, -0.05) is 58.2 Å². The van der Waals surface area contributed by atoms with Gasteiger partial charge >= 0.3 is 0 Å². The molecule has 0 bridgehead atoms. The molecule has 2 aromatic rings. The van der Waals surface area contributed by atoms with E-state index in [1.807, 2.05) is 24.3 Å². The highest BCUT2D eigenvalue weighted by atomic mass is 15.4. The molecule has 1 aromatic heterocycles. The van der Waals surface area contributed by atoms with E-state index in [9.17, 15) is 0 Å². The first-order valence-electron chi connectivity index (χ1n) is 10.8. The lowest BCUT2D eigenvalue weighted by Gasteiger charge is -2.38. The molecule has 1 aliphatic carbocycles. The molecule has 1 aliphatic heterocycles. The van der Waals surface area contributed by atoms with Gasteiger partial charge in [-0.3, -0.25) is 0 Å². The van der Waals surface area contributed by atoms with Crippen LogP contribution in [0, 0.1) is 11.3 Å². The molecule has 27 heavy (non-hydrogen) atoms. The Bertz CT molecular complexity index is 823. The Labute approximate surface area is 163 Å². The summed E-state index contributed by atoms with van der Waals surface area (Å²) in [6, 6.07) is 8.74. The van der Waals surface area contributed by atoms with E-state index in [1.165, 1.54) is 57.1 Å². The van der Waals surface area contributed by atoms with E-state index in [2.05, 4.69) is 25.3 Å². The third-order valence-corrected chi connectivity index (χ3v) is 7.35. The van der Waals surface area contributed by atoms with Crippen LogP contribution in [-0.4, -0.2) is 20.6 Å². The standard InChI is InChI=1S/C23H34N4/c1-4-6-15-23(5-2)17(3)26(20-13-9-7-11-18(20)23)16-22-25-19-12-8-10-14-21(19)27(22)24/h8,10,12,14,18,20H,3-7,9,11,13,15-16,24H2,1-2H3. The lowest BCUT2D eigenvalue weighted by molar-refractivity contribution is 0.137. The molecular weight excluding hydrogens is 332 g/mol. The minimum Gasteiger partial charge on any atom is -0.364 e. The van der Waals surface area contributed by atoms with Crippen molar-refractivity contribution in [2.45, 2.75) is 77.8 Å². The lowest BCUT2D eigenvalue weighted by Crippen LogP contribution is -2.36. The van der Waals surface area contributed by atoms with Gasteiger partial charge in [0, 0.05) is 17.2 Å². The fraction of sp³-hybridized carbons (Fsp3) is 0.609. The summed E-state index contributed by atoms with van der Waals surface area (Å²) in [6.45, 7) is 10.1. The second-order valence-corrected chi connectivity index (χ2v) is 8.53. The number of fused-ring (bicyclic) bond motifs is 2. The Kier molecular flexibility index (Phi) is 4.92. The number of imidazole rings is 1. The van der Waals surface area contributed by atoms with Gasteiger partial charge in [0.15, 0.2) is 0 Å². The van der Waals surface area contributed by atoms with Crippen molar-refractivity contribution in [2.75, 3.05) is 5.84 Å². The average Bonchev–Trinajstić information content (AvgIpc) is 3.14. The highest BCUT2D eigenvalue weighted by Crippen LogP contribution is 2.57. The zero-order chi connectivity index (χ0) is 19.0. The summed E-state index contributed by atoms with van der Waals surface area (Å²) in [6.07, 6.45) is 10.3. The number of aromatic nitrogens is 2. The quantitative estimate of drug-likeness (QED) is 0.713. The smallest absolute Gasteiger partial charge is 0.147 e. The Balaban J connectivity index is 1.68. The largest absolute Gasteiger partial charge is 0.364 e. The van der Waals surface area contributed by atoms with E-state index in [1.54, 1.807) is 4.68 Å². The second-order valence-electron chi connectivity index (χ2n) is 8.53. The molecule has 3 atom stereocenters. The highest BCUT2D eigenvalue weighted by molar-refractivity contribution is 5.75. The molecule has 0 spiro atoms. The molecule has 1 aromatic carbocycles. The van der Waals surface area contributed by atoms with E-state index >= 15 is 0 Å². The number of hydrogen-bond acceptors (Lipinski definition) is 3. The van der Waals surface area contributed by atoms with Gasteiger partial charge in [0.05, 0.1) is 17.6 Å². The molecule has 2 heterocycles. The first-order chi connectivity index (χ1) is 13.1. The van der Waals surface area contributed by atoms with Gasteiger partial charge < -0.3 is 10.7 Å². The number of nitrogens with two attached hydrogens (primary N) is 1. The first kappa shape index (κ1) is 18.4. The van der Waals surface area contributed by atoms with Crippen LogP contribution < -0.4 is 5.84 Å². The number of unbranched alkanes of at least 4 members (excludes halogenated alkanes) is 1. The zero-order valence-corrected chi connectivity index (χ0v) is 17.0. The Morgan fingerprint density at radius 3 is 2.74 bits per heavy atom. The van der Waals surface area contributed by atoms with Crippen molar-refractivity contribution >= 4 is 11.0 Å². The fourth-order valence-electron chi connectivity index (χ4n) is 5.86. The molecule has 0 amide bonds. The number of nitrogen functional groups attached to an aromatic ring is 1. The number of hydrogen-bond donors (Lipinski definition) is 1. The predicted molar refractivity (Wildman–Crippen MR) is 113 cm³/mol. The van der Waals surface area contributed by atoms with Crippen LogP contribution in [0.1, 0.15) is 71.0 Å². The van der Waals surface area contributed by atoms with Gasteiger partial charge in [-0.25, -0.2) is 9.66 Å². The molecule has 0 radical (unpaired) electrons. The van der Waals surface area contributed by atoms with Crippen molar-refractivity contribution in [3.63, 3.8) is 0 Å². The summed E-state index contributed by atoms with van der Waals surface area (Å²) in [5.41, 5.74) is 3.60. The Hall–Kier alpha value is -1.97. The van der Waals surface area contributed by atoms with Gasteiger partial charge in [-0.05, 0) is 43.7 Å². The zero-order valence-electron chi connectivity index (χ0n) is 17.0. The molecule has 2 aliphatic rings. The summed E-state index contributed by atoms with van der Waals surface area (Å²) in [7, 11) is 0. The van der Waals surface area contributed by atoms with Gasteiger partial charge in [-0.2, -0.15) is 0 Å². The Morgan fingerprint density at radius 2 is 2.00 bits per heavy atom. The van der Waals surface area contributed by atoms with Gasteiger partial charge in [0.2, 0.25) is 0 Å². The minimum absolute atomic E-state index is 0.270. The van der Waals surface area contributed by atoms with Crippen LogP contribution in [-0.2, 0) is 6.54 Å². The molecule has 4 heteroatoms. The van der Waals surface area contributed by atoms with Crippen molar-refractivity contribution in [3.8, 4) is 0 Å². The van der Waals surface area contributed by atoms with Crippen molar-refractivity contribution in [2.24, 2.45) is 11.3 Å². The van der Waals surface area contributed by atoms with Crippen LogP contribution in [0.15, 0.2) is 36.5 Å². The van der Waals surface area contributed by atoms with Gasteiger partial charge in [0.25, 0.3) is 0 Å². The van der Waals surface area contributed by atoms with Gasteiger partial charge in [-0.15, -0.1) is 0 Å². The minimum atomic E-state index is 0.270. The van der Waals surface area contributed by atoms with E-state index in [-0.39, 0.29) is 5.41 Å². The van der Waals surface area contributed by atoms with Crippen LogP contribution in [0.25, 0.3) is 11.0 Å². The number of rotatable bonds is 6. The summed E-state index contributed by atoms with van der Waals surface area (Å²) in [5.74, 6) is 8.10. The SMILES string of the molecule is C=C1N(Cc2nc3ccccc3n2N)C2CCCCC2C1(CC)CCCC. The maximum atomic E-state index is 6.41. The van der Waals surface area contributed by atoms with Crippen molar-refractivity contribution in [1.82, 2.24) is 14.6 Å². The third kappa shape index (κ3) is 2.84. The lowest BCUT2D eigenvalue weighted by atomic mass is 9.65.